The first-order valence-electron chi connectivity index (χ1n) is 9.19. The van der Waals surface area contributed by atoms with Crippen LogP contribution in [-0.4, -0.2) is 35.6 Å². The number of aromatic nitrogens is 2. The second-order valence-electron chi connectivity index (χ2n) is 7.35. The maximum atomic E-state index is 13.4. The van der Waals surface area contributed by atoms with E-state index in [1.807, 2.05) is 22.2 Å². The standard InChI is InChI=1S/C18H25N3O2S2/c1-14-6-4-10-20(12-14)25(22,23)17-13-21(15-7-2-3-8-15)19-18(17)16-9-5-11-24-16/h5,9,11,13-15H,2-4,6-8,10,12H2,1H3. The highest BCUT2D eigenvalue weighted by atomic mass is 32.2. The Hall–Kier alpha value is -1.18. The van der Waals surface area contributed by atoms with E-state index in [0.29, 0.717) is 35.6 Å². The minimum absolute atomic E-state index is 0.336. The van der Waals surface area contributed by atoms with Crippen molar-refractivity contribution < 1.29 is 8.42 Å². The topological polar surface area (TPSA) is 55.2 Å². The maximum absolute atomic E-state index is 13.4. The highest BCUT2D eigenvalue weighted by Crippen LogP contribution is 2.36. The molecule has 1 aliphatic carbocycles. The summed E-state index contributed by atoms with van der Waals surface area (Å²) < 4.78 is 30.3. The highest BCUT2D eigenvalue weighted by molar-refractivity contribution is 7.89. The van der Waals surface area contributed by atoms with E-state index < -0.39 is 10.0 Å². The quantitative estimate of drug-likeness (QED) is 0.802. The van der Waals surface area contributed by atoms with E-state index in [1.165, 1.54) is 12.8 Å². The summed E-state index contributed by atoms with van der Waals surface area (Å²) in [5.41, 5.74) is 0.625. The van der Waals surface area contributed by atoms with Crippen molar-refractivity contribution in [2.24, 2.45) is 5.92 Å². The number of hydrogen-bond donors (Lipinski definition) is 0. The average molecular weight is 380 g/mol. The van der Waals surface area contributed by atoms with Crippen molar-refractivity contribution in [1.29, 1.82) is 0 Å². The molecule has 7 heteroatoms. The number of thiophene rings is 1. The lowest BCUT2D eigenvalue weighted by Crippen LogP contribution is -2.39. The SMILES string of the molecule is CC1CCCN(S(=O)(=O)c2cn(C3CCCC3)nc2-c2cccs2)C1. The summed E-state index contributed by atoms with van der Waals surface area (Å²) in [4.78, 5) is 1.32. The van der Waals surface area contributed by atoms with Crippen LogP contribution in [0.15, 0.2) is 28.6 Å². The van der Waals surface area contributed by atoms with Crippen LogP contribution in [0.3, 0.4) is 0 Å². The molecule has 1 unspecified atom stereocenters. The monoisotopic (exact) mass is 379 g/mol. The second-order valence-corrected chi connectivity index (χ2v) is 10.2. The predicted octanol–water partition coefficient (Wildman–Crippen LogP) is 4.15. The van der Waals surface area contributed by atoms with E-state index in [4.69, 9.17) is 5.10 Å². The summed E-state index contributed by atoms with van der Waals surface area (Å²) >= 11 is 1.55. The highest BCUT2D eigenvalue weighted by Gasteiger charge is 2.34. The molecule has 3 heterocycles. The number of piperidine rings is 1. The van der Waals surface area contributed by atoms with Gasteiger partial charge in [0.2, 0.25) is 10.0 Å². The molecule has 4 rings (SSSR count). The Morgan fingerprint density at radius 2 is 2.00 bits per heavy atom. The third kappa shape index (κ3) is 3.29. The van der Waals surface area contributed by atoms with Gasteiger partial charge in [0.1, 0.15) is 10.6 Å². The van der Waals surface area contributed by atoms with Crippen LogP contribution in [0.2, 0.25) is 0 Å². The average Bonchev–Trinajstić information content (AvgIpc) is 3.33. The third-order valence-electron chi connectivity index (χ3n) is 5.39. The summed E-state index contributed by atoms with van der Waals surface area (Å²) in [6, 6.07) is 4.25. The van der Waals surface area contributed by atoms with E-state index in [1.54, 1.807) is 21.8 Å². The molecular formula is C18H25N3O2S2. The summed E-state index contributed by atoms with van der Waals surface area (Å²) in [6.45, 7) is 3.36. The van der Waals surface area contributed by atoms with Crippen molar-refractivity contribution in [1.82, 2.24) is 14.1 Å². The fourth-order valence-corrected chi connectivity index (χ4v) is 6.53. The van der Waals surface area contributed by atoms with Crippen molar-refractivity contribution in [2.45, 2.75) is 56.4 Å². The van der Waals surface area contributed by atoms with Crippen molar-refractivity contribution in [2.75, 3.05) is 13.1 Å². The molecule has 2 aliphatic rings. The normalized spacial score (nSPS) is 23.3. The van der Waals surface area contributed by atoms with E-state index in [2.05, 4.69) is 6.92 Å². The van der Waals surface area contributed by atoms with Crippen LogP contribution in [0.4, 0.5) is 0 Å². The van der Waals surface area contributed by atoms with Crippen LogP contribution < -0.4 is 0 Å². The van der Waals surface area contributed by atoms with Gasteiger partial charge in [0.15, 0.2) is 0 Å². The summed E-state index contributed by atoms with van der Waals surface area (Å²) in [5, 5.41) is 6.71. The molecule has 0 spiro atoms. The van der Waals surface area contributed by atoms with Gasteiger partial charge in [0.05, 0.1) is 10.9 Å². The van der Waals surface area contributed by atoms with Gasteiger partial charge in [0, 0.05) is 19.3 Å². The summed E-state index contributed by atoms with van der Waals surface area (Å²) in [6.07, 6.45) is 8.41. The number of sulfonamides is 1. The molecule has 1 atom stereocenters. The first-order chi connectivity index (χ1) is 12.1. The van der Waals surface area contributed by atoms with Gasteiger partial charge >= 0.3 is 0 Å². The third-order valence-corrected chi connectivity index (χ3v) is 8.13. The van der Waals surface area contributed by atoms with Gasteiger partial charge in [-0.1, -0.05) is 25.8 Å². The zero-order valence-corrected chi connectivity index (χ0v) is 16.2. The van der Waals surface area contributed by atoms with Crippen LogP contribution in [-0.2, 0) is 10.0 Å². The Labute approximate surface area is 153 Å². The minimum atomic E-state index is -3.50. The van der Waals surface area contributed by atoms with Gasteiger partial charge in [-0.05, 0) is 43.0 Å². The molecule has 2 aromatic heterocycles. The predicted molar refractivity (Wildman–Crippen MR) is 100 cm³/mol. The molecule has 0 amide bonds. The van der Waals surface area contributed by atoms with E-state index >= 15 is 0 Å². The van der Waals surface area contributed by atoms with Gasteiger partial charge in [-0.25, -0.2) is 8.42 Å². The fourth-order valence-electron chi connectivity index (χ4n) is 4.01. The molecule has 0 aromatic carbocycles. The summed E-state index contributed by atoms with van der Waals surface area (Å²) in [5.74, 6) is 0.415. The van der Waals surface area contributed by atoms with Gasteiger partial charge in [0.25, 0.3) is 0 Å². The lowest BCUT2D eigenvalue weighted by atomic mass is 10.0. The zero-order valence-electron chi connectivity index (χ0n) is 14.6. The fraction of sp³-hybridized carbons (Fsp3) is 0.611. The molecule has 0 N–H and O–H groups in total. The Kier molecular flexibility index (Phi) is 4.73. The largest absolute Gasteiger partial charge is 0.268 e. The molecule has 0 bridgehead atoms. The Morgan fingerprint density at radius 1 is 1.20 bits per heavy atom. The molecule has 1 aliphatic heterocycles. The van der Waals surface area contributed by atoms with Crippen LogP contribution in [0.25, 0.3) is 10.6 Å². The molecule has 136 valence electrons. The van der Waals surface area contributed by atoms with E-state index in [9.17, 15) is 8.42 Å². The van der Waals surface area contributed by atoms with Gasteiger partial charge in [-0.15, -0.1) is 11.3 Å². The lowest BCUT2D eigenvalue weighted by molar-refractivity contribution is 0.281. The van der Waals surface area contributed by atoms with Crippen LogP contribution in [0.1, 0.15) is 51.5 Å². The van der Waals surface area contributed by atoms with Crippen LogP contribution in [0, 0.1) is 5.92 Å². The van der Waals surface area contributed by atoms with Crippen molar-refractivity contribution in [3.63, 3.8) is 0 Å². The van der Waals surface area contributed by atoms with Crippen molar-refractivity contribution in [3.05, 3.63) is 23.7 Å². The molecule has 2 aromatic rings. The molecule has 2 fully saturated rings. The van der Waals surface area contributed by atoms with Crippen molar-refractivity contribution in [3.8, 4) is 10.6 Å². The molecule has 1 saturated heterocycles. The van der Waals surface area contributed by atoms with Crippen LogP contribution >= 0.6 is 11.3 Å². The zero-order chi connectivity index (χ0) is 17.4. The smallest absolute Gasteiger partial charge is 0.246 e. The number of nitrogens with zero attached hydrogens (tertiary/aromatic N) is 3. The minimum Gasteiger partial charge on any atom is -0.268 e. The van der Waals surface area contributed by atoms with Crippen molar-refractivity contribution >= 4 is 21.4 Å². The Bertz CT molecular complexity index is 821. The molecule has 5 nitrogen and oxygen atoms in total. The van der Waals surface area contributed by atoms with Gasteiger partial charge < -0.3 is 0 Å². The van der Waals surface area contributed by atoms with E-state index in [0.717, 1.165) is 30.6 Å². The number of hydrogen-bond acceptors (Lipinski definition) is 4. The molecule has 1 saturated carbocycles. The molecular weight excluding hydrogens is 354 g/mol. The first-order valence-corrected chi connectivity index (χ1v) is 11.5. The van der Waals surface area contributed by atoms with E-state index in [-0.39, 0.29) is 0 Å². The van der Waals surface area contributed by atoms with Gasteiger partial charge in [-0.3, -0.25) is 4.68 Å². The number of rotatable bonds is 4. The second kappa shape index (κ2) is 6.85. The van der Waals surface area contributed by atoms with Crippen LogP contribution in [0.5, 0.6) is 0 Å². The maximum Gasteiger partial charge on any atom is 0.246 e. The van der Waals surface area contributed by atoms with Gasteiger partial charge in [-0.2, -0.15) is 9.40 Å². The Morgan fingerprint density at radius 3 is 2.68 bits per heavy atom. The first kappa shape index (κ1) is 17.2. The molecule has 0 radical (unpaired) electrons. The lowest BCUT2D eigenvalue weighted by Gasteiger charge is -2.29. The summed E-state index contributed by atoms with van der Waals surface area (Å²) in [7, 11) is -3.50. The Balaban J connectivity index is 1.76. The molecule has 25 heavy (non-hydrogen) atoms.